The molecule has 0 aliphatic rings. The predicted octanol–water partition coefficient (Wildman–Crippen LogP) is 2.64. The number of furan rings is 1. The number of likely N-dealkylation sites (N-methyl/N-ethyl adjacent to an activating group) is 1. The van der Waals surface area contributed by atoms with Gasteiger partial charge in [-0.2, -0.15) is 0 Å². The number of rotatable bonds is 5. The van der Waals surface area contributed by atoms with Gasteiger partial charge in [0.15, 0.2) is 0 Å². The lowest BCUT2D eigenvalue weighted by Gasteiger charge is -2.26. The van der Waals surface area contributed by atoms with Crippen molar-refractivity contribution in [2.75, 3.05) is 20.1 Å². The van der Waals surface area contributed by atoms with Crippen molar-refractivity contribution in [3.63, 3.8) is 0 Å². The number of nitrogens with zero attached hydrogens (tertiary/aromatic N) is 1. The molecule has 0 fully saturated rings. The average Bonchev–Trinajstić information content (AvgIpc) is 2.67. The second kappa shape index (κ2) is 5.12. The van der Waals surface area contributed by atoms with Gasteiger partial charge in [0.05, 0.1) is 6.26 Å². The van der Waals surface area contributed by atoms with Crippen LogP contribution in [0.5, 0.6) is 0 Å². The molecule has 1 aromatic carbocycles. The van der Waals surface area contributed by atoms with E-state index in [4.69, 9.17) is 10.2 Å². The first-order chi connectivity index (χ1) is 8.46. The maximum absolute atomic E-state index is 6.02. The smallest absolute Gasteiger partial charge is 0.134 e. The second-order valence-corrected chi connectivity index (χ2v) is 5.73. The van der Waals surface area contributed by atoms with Crippen LogP contribution in [0.25, 0.3) is 11.0 Å². The van der Waals surface area contributed by atoms with Crippen molar-refractivity contribution >= 4 is 11.0 Å². The molecule has 0 radical (unpaired) electrons. The molecule has 0 aliphatic carbocycles. The monoisotopic (exact) mass is 246 g/mol. The summed E-state index contributed by atoms with van der Waals surface area (Å²) in [6.07, 6.45) is 2.86. The van der Waals surface area contributed by atoms with Crippen molar-refractivity contribution in [2.24, 2.45) is 5.73 Å². The lowest BCUT2D eigenvalue weighted by molar-refractivity contribution is 0.273. The molecule has 0 saturated carbocycles. The van der Waals surface area contributed by atoms with Crippen molar-refractivity contribution < 1.29 is 4.42 Å². The molecule has 18 heavy (non-hydrogen) atoms. The van der Waals surface area contributed by atoms with Gasteiger partial charge in [0, 0.05) is 24.0 Å². The zero-order chi connectivity index (χ0) is 13.2. The van der Waals surface area contributed by atoms with Crippen LogP contribution in [-0.2, 0) is 6.42 Å². The van der Waals surface area contributed by atoms with Gasteiger partial charge in [-0.3, -0.25) is 0 Å². The van der Waals surface area contributed by atoms with Crippen LogP contribution >= 0.6 is 0 Å². The van der Waals surface area contributed by atoms with Crippen LogP contribution in [0, 0.1) is 0 Å². The Morgan fingerprint density at radius 1 is 1.28 bits per heavy atom. The fourth-order valence-corrected chi connectivity index (χ4v) is 2.31. The molecule has 3 nitrogen and oxygen atoms in total. The van der Waals surface area contributed by atoms with Crippen LogP contribution in [0.1, 0.15) is 19.4 Å². The van der Waals surface area contributed by atoms with Crippen molar-refractivity contribution in [3.8, 4) is 0 Å². The van der Waals surface area contributed by atoms with Crippen molar-refractivity contribution in [1.29, 1.82) is 0 Å². The zero-order valence-electron chi connectivity index (χ0n) is 11.4. The van der Waals surface area contributed by atoms with Crippen molar-refractivity contribution in [1.82, 2.24) is 4.90 Å². The highest BCUT2D eigenvalue weighted by atomic mass is 16.3. The molecule has 2 aromatic rings. The summed E-state index contributed by atoms with van der Waals surface area (Å²) in [6, 6.07) is 8.17. The van der Waals surface area contributed by atoms with E-state index < -0.39 is 0 Å². The minimum atomic E-state index is -0.146. The molecule has 0 aliphatic heterocycles. The van der Waals surface area contributed by atoms with Crippen LogP contribution in [0.2, 0.25) is 0 Å². The lowest BCUT2D eigenvalue weighted by atomic mass is 10.1. The molecule has 3 heteroatoms. The standard InChI is InChI=1S/C15H22N2O/c1-15(2,16)11-17(3)9-8-12-10-18-14-7-5-4-6-13(12)14/h4-7,10H,8-9,11,16H2,1-3H3. The molecular weight excluding hydrogens is 224 g/mol. The molecule has 0 amide bonds. The number of benzene rings is 1. The Bertz CT molecular complexity index is 510. The van der Waals surface area contributed by atoms with E-state index in [1.54, 1.807) is 0 Å². The molecule has 0 bridgehead atoms. The molecule has 0 atom stereocenters. The molecule has 0 spiro atoms. The maximum atomic E-state index is 6.02. The van der Waals surface area contributed by atoms with E-state index in [1.165, 1.54) is 10.9 Å². The minimum Gasteiger partial charge on any atom is -0.464 e. The maximum Gasteiger partial charge on any atom is 0.134 e. The number of hydrogen-bond acceptors (Lipinski definition) is 3. The van der Waals surface area contributed by atoms with Crippen LogP contribution in [0.3, 0.4) is 0 Å². The summed E-state index contributed by atoms with van der Waals surface area (Å²) >= 11 is 0. The summed E-state index contributed by atoms with van der Waals surface area (Å²) in [4.78, 5) is 2.27. The van der Waals surface area contributed by atoms with E-state index in [0.29, 0.717) is 0 Å². The summed E-state index contributed by atoms with van der Waals surface area (Å²) < 4.78 is 5.54. The fourth-order valence-electron chi connectivity index (χ4n) is 2.31. The molecule has 1 heterocycles. The first-order valence-electron chi connectivity index (χ1n) is 6.38. The molecule has 2 N–H and O–H groups in total. The van der Waals surface area contributed by atoms with Gasteiger partial charge in [0.1, 0.15) is 5.58 Å². The highest BCUT2D eigenvalue weighted by Crippen LogP contribution is 2.21. The normalized spacial score (nSPS) is 12.5. The Hall–Kier alpha value is -1.32. The van der Waals surface area contributed by atoms with E-state index in [1.807, 2.05) is 24.5 Å². The van der Waals surface area contributed by atoms with Crippen LogP contribution in [-0.4, -0.2) is 30.6 Å². The van der Waals surface area contributed by atoms with E-state index in [9.17, 15) is 0 Å². The quantitative estimate of drug-likeness (QED) is 0.882. The summed E-state index contributed by atoms with van der Waals surface area (Å²) in [7, 11) is 2.11. The van der Waals surface area contributed by atoms with Gasteiger partial charge in [-0.05, 0) is 38.9 Å². The molecule has 98 valence electrons. The largest absolute Gasteiger partial charge is 0.464 e. The third-order valence-corrected chi connectivity index (χ3v) is 3.00. The number of fused-ring (bicyclic) bond motifs is 1. The Kier molecular flexibility index (Phi) is 3.73. The predicted molar refractivity (Wildman–Crippen MR) is 75.7 cm³/mol. The molecule has 2 rings (SSSR count). The Morgan fingerprint density at radius 2 is 2.00 bits per heavy atom. The number of hydrogen-bond donors (Lipinski definition) is 1. The summed E-state index contributed by atoms with van der Waals surface area (Å²) in [5.74, 6) is 0. The minimum absolute atomic E-state index is 0.146. The Balaban J connectivity index is 1.98. The third kappa shape index (κ3) is 3.34. The van der Waals surface area contributed by atoms with Gasteiger partial charge in [-0.1, -0.05) is 18.2 Å². The summed E-state index contributed by atoms with van der Waals surface area (Å²) in [6.45, 7) is 5.99. The topological polar surface area (TPSA) is 42.4 Å². The fraction of sp³-hybridized carbons (Fsp3) is 0.467. The Morgan fingerprint density at radius 3 is 2.72 bits per heavy atom. The first-order valence-corrected chi connectivity index (χ1v) is 6.38. The lowest BCUT2D eigenvalue weighted by Crippen LogP contribution is -2.44. The highest BCUT2D eigenvalue weighted by molar-refractivity contribution is 5.80. The SMILES string of the molecule is CN(CCc1coc2ccccc12)CC(C)(C)N. The van der Waals surface area contributed by atoms with E-state index in [-0.39, 0.29) is 5.54 Å². The van der Waals surface area contributed by atoms with Gasteiger partial charge in [-0.15, -0.1) is 0 Å². The first kappa shape index (κ1) is 13.1. The molecular formula is C15H22N2O. The number of nitrogens with two attached hydrogens (primary N) is 1. The summed E-state index contributed by atoms with van der Waals surface area (Å²) in [5, 5.41) is 1.22. The van der Waals surface area contributed by atoms with Gasteiger partial charge in [-0.25, -0.2) is 0 Å². The third-order valence-electron chi connectivity index (χ3n) is 3.00. The molecule has 1 aromatic heterocycles. The van der Waals surface area contributed by atoms with Gasteiger partial charge in [0.2, 0.25) is 0 Å². The van der Waals surface area contributed by atoms with Gasteiger partial charge >= 0.3 is 0 Å². The van der Waals surface area contributed by atoms with Crippen molar-refractivity contribution in [3.05, 3.63) is 36.1 Å². The van der Waals surface area contributed by atoms with Gasteiger partial charge < -0.3 is 15.1 Å². The second-order valence-electron chi connectivity index (χ2n) is 5.73. The van der Waals surface area contributed by atoms with Crippen LogP contribution in [0.4, 0.5) is 0 Å². The van der Waals surface area contributed by atoms with Crippen molar-refractivity contribution in [2.45, 2.75) is 25.8 Å². The zero-order valence-corrected chi connectivity index (χ0v) is 11.4. The molecule has 0 unspecified atom stereocenters. The van der Waals surface area contributed by atoms with Gasteiger partial charge in [0.25, 0.3) is 0 Å². The van der Waals surface area contributed by atoms with E-state index in [2.05, 4.69) is 31.9 Å². The number of para-hydroxylation sites is 1. The average molecular weight is 246 g/mol. The highest BCUT2D eigenvalue weighted by Gasteiger charge is 2.14. The molecule has 0 saturated heterocycles. The van der Waals surface area contributed by atoms with Crippen LogP contribution in [0.15, 0.2) is 34.9 Å². The van der Waals surface area contributed by atoms with E-state index in [0.717, 1.165) is 25.1 Å². The summed E-state index contributed by atoms with van der Waals surface area (Å²) in [5.41, 5.74) is 8.11. The van der Waals surface area contributed by atoms with Crippen LogP contribution < -0.4 is 5.73 Å². The van der Waals surface area contributed by atoms with E-state index >= 15 is 0 Å². The Labute approximate surface area is 109 Å².